The van der Waals surface area contributed by atoms with Crippen molar-refractivity contribution < 1.29 is 13.6 Å². The predicted molar refractivity (Wildman–Crippen MR) is 116 cm³/mol. The molecule has 0 bridgehead atoms. The molecule has 158 valence electrons. The summed E-state index contributed by atoms with van der Waals surface area (Å²) in [6.07, 6.45) is 0. The van der Waals surface area contributed by atoms with Crippen molar-refractivity contribution in [1.82, 2.24) is 5.32 Å². The van der Waals surface area contributed by atoms with Crippen molar-refractivity contribution in [2.24, 2.45) is 0 Å². The van der Waals surface area contributed by atoms with E-state index in [1.54, 1.807) is 31.2 Å². The predicted octanol–water partition coefficient (Wildman–Crippen LogP) is 4.47. The molecular weight excluding hydrogens is 422 g/mol. The lowest BCUT2D eigenvalue weighted by Gasteiger charge is -2.25. The van der Waals surface area contributed by atoms with Gasteiger partial charge in [0.2, 0.25) is 11.2 Å². The van der Waals surface area contributed by atoms with E-state index in [0.717, 1.165) is 17.0 Å². The molecule has 0 aliphatic carbocycles. The van der Waals surface area contributed by atoms with Crippen LogP contribution in [0.4, 0.5) is 14.5 Å². The Morgan fingerprint density at radius 2 is 1.71 bits per heavy atom. The topological polar surface area (TPSA) is 67.4 Å². The smallest absolute Gasteiger partial charge is 0.271 e. The van der Waals surface area contributed by atoms with Crippen LogP contribution in [0.1, 0.15) is 35.0 Å². The Labute approximate surface area is 180 Å². The number of rotatable bonds is 8. The first-order valence-corrected chi connectivity index (χ1v) is 10.4. The Balaban J connectivity index is 1.63. The summed E-state index contributed by atoms with van der Waals surface area (Å²) in [6, 6.07) is 15.1. The van der Waals surface area contributed by atoms with Crippen LogP contribution < -0.4 is 26.5 Å². The van der Waals surface area contributed by atoms with Crippen LogP contribution in [-0.2, 0) is 0 Å². The van der Waals surface area contributed by atoms with Gasteiger partial charge in [-0.3, -0.25) is 14.9 Å². The first-order valence-electron chi connectivity index (χ1n) is 9.51. The fraction of sp³-hybridized carbons (Fsp3) is 0.130. The maximum Gasteiger partial charge on any atom is 0.271 e. The van der Waals surface area contributed by atoms with Crippen LogP contribution in [-0.4, -0.2) is 0 Å². The molecule has 0 saturated carbocycles. The number of halogens is 2. The third kappa shape index (κ3) is 4.26. The Bertz CT molecular complexity index is 1250. The Morgan fingerprint density at radius 3 is 2.39 bits per heavy atom. The van der Waals surface area contributed by atoms with Crippen LogP contribution in [0.15, 0.2) is 75.6 Å². The molecule has 0 fully saturated rings. The Morgan fingerprint density at radius 1 is 0.935 bits per heavy atom. The number of benzene rings is 2. The number of hydrogen-bond acceptors (Lipinski definition) is 6. The normalized spacial score (nSPS) is 13.1. The van der Waals surface area contributed by atoms with Crippen LogP contribution in [0.5, 0.6) is 5.75 Å². The van der Waals surface area contributed by atoms with E-state index >= 15 is 0 Å². The van der Waals surface area contributed by atoms with Crippen molar-refractivity contribution in [3.05, 3.63) is 114 Å². The lowest BCUT2D eigenvalue weighted by molar-refractivity contribution is 0.380. The molecule has 0 aliphatic rings. The lowest BCUT2D eigenvalue weighted by atomic mass is 9.97. The molecule has 0 aliphatic heterocycles. The molecule has 2 N–H and O–H groups in total. The lowest BCUT2D eigenvalue weighted by Crippen LogP contribution is -2.42. The maximum absolute atomic E-state index is 13.7. The average molecular weight is 440 g/mol. The molecule has 0 spiro atoms. The summed E-state index contributed by atoms with van der Waals surface area (Å²) < 4.78 is 27.0. The molecule has 1 heterocycles. The van der Waals surface area contributed by atoms with Gasteiger partial charge in [0.15, 0.2) is 11.6 Å². The minimum absolute atomic E-state index is 0.0720. The number of anilines is 1. The van der Waals surface area contributed by atoms with Crippen molar-refractivity contribution in [3.63, 3.8) is 0 Å². The molecule has 0 radical (unpaired) electrons. The Kier molecular flexibility index (Phi) is 5.92. The molecule has 5 nitrogen and oxygen atoms in total. The van der Waals surface area contributed by atoms with Crippen molar-refractivity contribution in [2.45, 2.75) is 19.0 Å². The molecular formula is C23H18F2N2O3S. The largest absolute Gasteiger partial charge is 0.377 e. The summed E-state index contributed by atoms with van der Waals surface area (Å²) in [4.78, 5) is 31.0. The van der Waals surface area contributed by atoms with Crippen LogP contribution in [0.25, 0.3) is 0 Å². The summed E-state index contributed by atoms with van der Waals surface area (Å²) in [7, 11) is 0. The van der Waals surface area contributed by atoms with E-state index in [-0.39, 0.29) is 11.3 Å². The van der Waals surface area contributed by atoms with Crippen molar-refractivity contribution in [1.29, 1.82) is 0 Å². The highest BCUT2D eigenvalue weighted by atomic mass is 32.1. The van der Waals surface area contributed by atoms with Crippen molar-refractivity contribution >= 4 is 17.0 Å². The third-order valence-electron chi connectivity index (χ3n) is 4.92. The zero-order chi connectivity index (χ0) is 22.0. The van der Waals surface area contributed by atoms with Crippen molar-refractivity contribution in [3.8, 4) is 5.75 Å². The van der Waals surface area contributed by atoms with E-state index in [1.807, 2.05) is 23.6 Å². The summed E-state index contributed by atoms with van der Waals surface area (Å²) in [5.74, 6) is -1.96. The van der Waals surface area contributed by atoms with E-state index in [9.17, 15) is 18.4 Å². The van der Waals surface area contributed by atoms with Gasteiger partial charge in [-0.2, -0.15) is 0 Å². The molecule has 3 aromatic carbocycles. The second-order valence-electron chi connectivity index (χ2n) is 6.98. The summed E-state index contributed by atoms with van der Waals surface area (Å²) >= 11 is 1.40. The molecule has 0 saturated heterocycles. The first kappa shape index (κ1) is 20.9. The molecule has 0 amide bonds. The van der Waals surface area contributed by atoms with Crippen LogP contribution >= 0.6 is 11.3 Å². The van der Waals surface area contributed by atoms with Gasteiger partial charge >= 0.3 is 0 Å². The van der Waals surface area contributed by atoms with Gasteiger partial charge in [-0.1, -0.05) is 30.3 Å². The highest BCUT2D eigenvalue weighted by molar-refractivity contribution is 7.10. The SMILES string of the molecule is CC(NC(c1cccs1)c1c(ONc2ccccc2)c(=O)c1=O)c1ccc(F)c(F)c1. The quantitative estimate of drug-likeness (QED) is 0.313. The van der Waals surface area contributed by atoms with E-state index in [0.29, 0.717) is 11.3 Å². The molecule has 1 aromatic heterocycles. The Hall–Kier alpha value is -3.36. The van der Waals surface area contributed by atoms with E-state index in [2.05, 4.69) is 10.8 Å². The van der Waals surface area contributed by atoms with Gasteiger partial charge in [0, 0.05) is 10.9 Å². The fourth-order valence-corrected chi connectivity index (χ4v) is 4.05. The highest BCUT2D eigenvalue weighted by Gasteiger charge is 2.33. The molecule has 4 rings (SSSR count). The second-order valence-corrected chi connectivity index (χ2v) is 7.96. The summed E-state index contributed by atoms with van der Waals surface area (Å²) in [6.45, 7) is 1.77. The monoisotopic (exact) mass is 440 g/mol. The maximum atomic E-state index is 13.7. The number of para-hydroxylation sites is 1. The molecule has 31 heavy (non-hydrogen) atoms. The average Bonchev–Trinajstić information content (AvgIpc) is 3.32. The van der Waals surface area contributed by atoms with Gasteiger partial charge in [0.1, 0.15) is 0 Å². The minimum atomic E-state index is -0.955. The zero-order valence-electron chi connectivity index (χ0n) is 16.4. The van der Waals surface area contributed by atoms with E-state index in [1.165, 1.54) is 17.4 Å². The number of thiophene rings is 1. The van der Waals surface area contributed by atoms with Gasteiger partial charge in [-0.15, -0.1) is 11.3 Å². The second kappa shape index (κ2) is 8.79. The standard InChI is InChI=1S/C23H18F2N2O3S/c1-13(14-9-10-16(24)17(25)12-14)26-20(18-8-5-11-31-18)19-21(28)22(29)23(19)30-27-15-6-3-2-4-7-15/h2-13,20,26-27H,1H3. The van der Waals surface area contributed by atoms with E-state index in [4.69, 9.17) is 4.84 Å². The number of hydrogen-bond donors (Lipinski definition) is 2. The molecule has 2 atom stereocenters. The van der Waals surface area contributed by atoms with Gasteiger partial charge in [-0.05, 0) is 48.2 Å². The van der Waals surface area contributed by atoms with Gasteiger partial charge in [0.05, 0.1) is 17.3 Å². The molecule has 2 unspecified atom stereocenters. The molecule has 8 heteroatoms. The number of nitrogens with one attached hydrogen (secondary N) is 2. The van der Waals surface area contributed by atoms with Crippen LogP contribution in [0, 0.1) is 11.6 Å². The summed E-state index contributed by atoms with van der Waals surface area (Å²) in [5.41, 5.74) is 2.63. The zero-order valence-corrected chi connectivity index (χ0v) is 17.2. The third-order valence-corrected chi connectivity index (χ3v) is 5.86. The summed E-state index contributed by atoms with van der Waals surface area (Å²) in [5, 5.41) is 5.09. The van der Waals surface area contributed by atoms with Gasteiger partial charge in [-0.25, -0.2) is 14.3 Å². The van der Waals surface area contributed by atoms with Gasteiger partial charge < -0.3 is 4.84 Å². The van der Waals surface area contributed by atoms with Crippen LogP contribution in [0.2, 0.25) is 0 Å². The van der Waals surface area contributed by atoms with Crippen molar-refractivity contribution in [2.75, 3.05) is 5.48 Å². The molecule has 4 aromatic rings. The minimum Gasteiger partial charge on any atom is -0.377 e. The fourth-order valence-electron chi connectivity index (χ4n) is 3.26. The van der Waals surface area contributed by atoms with Crippen LogP contribution in [0.3, 0.4) is 0 Å². The highest BCUT2D eigenvalue weighted by Crippen LogP contribution is 2.32. The van der Waals surface area contributed by atoms with Gasteiger partial charge in [0.25, 0.3) is 5.43 Å². The van der Waals surface area contributed by atoms with E-state index < -0.39 is 34.6 Å². The first-order chi connectivity index (χ1) is 15.0.